The van der Waals surface area contributed by atoms with E-state index in [9.17, 15) is 15.2 Å². The minimum absolute atomic E-state index is 0.175. The first-order chi connectivity index (χ1) is 17.9. The first-order valence-electron chi connectivity index (χ1n) is 14.2. The molecule has 2 saturated heterocycles. The number of likely N-dealkylation sites (tertiary alicyclic amines) is 2. The Morgan fingerprint density at radius 1 is 1.08 bits per heavy atom. The van der Waals surface area contributed by atoms with Gasteiger partial charge in [0.15, 0.2) is 0 Å². The number of rotatable bonds is 3. The molecule has 7 nitrogen and oxygen atoms in total. The molecule has 8 heteroatoms. The van der Waals surface area contributed by atoms with E-state index in [1.807, 2.05) is 23.1 Å². The van der Waals surface area contributed by atoms with Crippen molar-refractivity contribution in [3.8, 4) is 6.07 Å². The quantitative estimate of drug-likeness (QED) is 0.617. The average molecular weight is 524 g/mol. The number of piperidine rings is 2. The highest BCUT2D eigenvalue weighted by Gasteiger charge is 2.50. The maximum atomic E-state index is 13.0. The summed E-state index contributed by atoms with van der Waals surface area (Å²) in [6, 6.07) is 8.20. The van der Waals surface area contributed by atoms with E-state index in [-0.39, 0.29) is 12.0 Å². The number of amides is 1. The lowest BCUT2D eigenvalue weighted by molar-refractivity contribution is -0.147. The van der Waals surface area contributed by atoms with Crippen LogP contribution in [0.2, 0.25) is 5.02 Å². The van der Waals surface area contributed by atoms with Crippen LogP contribution in [0.1, 0.15) is 76.2 Å². The number of nitrogens with zero attached hydrogens (tertiary/aromatic N) is 5. The van der Waals surface area contributed by atoms with Crippen LogP contribution in [0.15, 0.2) is 23.3 Å². The summed E-state index contributed by atoms with van der Waals surface area (Å²) < 4.78 is 0. The molecule has 1 amide bonds. The second-order valence-electron chi connectivity index (χ2n) is 12.1. The van der Waals surface area contributed by atoms with E-state index in [4.69, 9.17) is 16.7 Å². The fourth-order valence-corrected chi connectivity index (χ4v) is 7.77. The first-order valence-corrected chi connectivity index (χ1v) is 14.6. The molecule has 2 saturated carbocycles. The van der Waals surface area contributed by atoms with Gasteiger partial charge < -0.3 is 14.9 Å². The van der Waals surface area contributed by atoms with Gasteiger partial charge in [-0.2, -0.15) is 10.4 Å². The molecular formula is C29H38ClN5O2. The molecule has 0 aromatic heterocycles. The van der Waals surface area contributed by atoms with Crippen LogP contribution < -0.4 is 5.01 Å². The van der Waals surface area contributed by atoms with E-state index in [0.717, 1.165) is 50.9 Å². The lowest BCUT2D eigenvalue weighted by Gasteiger charge is -2.53. The van der Waals surface area contributed by atoms with Crippen LogP contribution >= 0.6 is 11.6 Å². The standard InChI is InChI=1S/C29H38ClN5O2/c30-25-15-23(6-5-21(25)19-31)35-26(20-3-1-2-4-20)16-27(32-35)33-13-9-29(10-14-33)17-22(18-29)28(37)34-11-7-24(36)8-12-34/h5-6,15,20,22,24,26,36H,1-4,7-14,16-18H2/t26-/m1/s1. The number of benzene rings is 1. The lowest BCUT2D eigenvalue weighted by Crippen LogP contribution is -2.53. The number of hydrogen-bond acceptors (Lipinski definition) is 6. The third-order valence-electron chi connectivity index (χ3n) is 9.88. The number of halogens is 1. The van der Waals surface area contributed by atoms with Gasteiger partial charge >= 0.3 is 0 Å². The van der Waals surface area contributed by atoms with Gasteiger partial charge in [0, 0.05) is 38.5 Å². The van der Waals surface area contributed by atoms with Gasteiger partial charge in [-0.05, 0) is 80.9 Å². The molecule has 0 unspecified atom stereocenters. The number of hydrazone groups is 1. The Balaban J connectivity index is 1.09. The summed E-state index contributed by atoms with van der Waals surface area (Å²) in [7, 11) is 0. The zero-order chi connectivity index (χ0) is 25.6. The number of amidine groups is 1. The van der Waals surface area contributed by atoms with E-state index in [0.29, 0.717) is 59.8 Å². The van der Waals surface area contributed by atoms with Gasteiger partial charge in [-0.15, -0.1) is 0 Å². The predicted molar refractivity (Wildman–Crippen MR) is 144 cm³/mol. The molecule has 3 aliphatic heterocycles. The van der Waals surface area contributed by atoms with Crippen molar-refractivity contribution in [2.45, 2.75) is 82.8 Å². The largest absolute Gasteiger partial charge is 0.393 e. The van der Waals surface area contributed by atoms with E-state index < -0.39 is 0 Å². The number of anilines is 1. The number of aliphatic hydroxyl groups excluding tert-OH is 1. The summed E-state index contributed by atoms with van der Waals surface area (Å²) in [5.41, 5.74) is 1.80. The van der Waals surface area contributed by atoms with Crippen LogP contribution in [0.4, 0.5) is 5.69 Å². The lowest BCUT2D eigenvalue weighted by atomic mass is 9.57. The Bertz CT molecular complexity index is 1090. The highest BCUT2D eigenvalue weighted by Crippen LogP contribution is 2.53. The molecule has 6 rings (SSSR count). The Kier molecular flexibility index (Phi) is 6.83. The molecule has 1 atom stereocenters. The van der Waals surface area contributed by atoms with Crippen molar-refractivity contribution < 1.29 is 9.90 Å². The number of hydrogen-bond donors (Lipinski definition) is 1. The summed E-state index contributed by atoms with van der Waals surface area (Å²) >= 11 is 6.40. The number of nitriles is 1. The van der Waals surface area contributed by atoms with Crippen LogP contribution in [0.5, 0.6) is 0 Å². The topological polar surface area (TPSA) is 83.2 Å². The van der Waals surface area contributed by atoms with Crippen molar-refractivity contribution in [1.29, 1.82) is 5.26 Å². The zero-order valence-electron chi connectivity index (χ0n) is 21.6. The molecule has 1 N–H and O–H groups in total. The zero-order valence-corrected chi connectivity index (χ0v) is 22.4. The Morgan fingerprint density at radius 3 is 2.43 bits per heavy atom. The summed E-state index contributed by atoms with van der Waals surface area (Å²) in [5, 5.41) is 26.9. The fourth-order valence-electron chi connectivity index (χ4n) is 7.55. The highest BCUT2D eigenvalue weighted by molar-refractivity contribution is 6.32. The van der Waals surface area contributed by atoms with Crippen molar-refractivity contribution in [2.75, 3.05) is 31.2 Å². The molecule has 2 aliphatic carbocycles. The van der Waals surface area contributed by atoms with Gasteiger partial charge in [-0.25, -0.2) is 0 Å². The van der Waals surface area contributed by atoms with Crippen molar-refractivity contribution in [3.63, 3.8) is 0 Å². The van der Waals surface area contributed by atoms with Crippen LogP contribution in [0.3, 0.4) is 0 Å². The third-order valence-corrected chi connectivity index (χ3v) is 10.2. The van der Waals surface area contributed by atoms with Crippen molar-refractivity contribution in [1.82, 2.24) is 9.80 Å². The molecule has 4 fully saturated rings. The molecule has 0 bridgehead atoms. The Hall–Kier alpha value is -2.30. The average Bonchev–Trinajstić information content (AvgIpc) is 3.58. The molecule has 1 aromatic rings. The Labute approximate surface area is 225 Å². The molecule has 37 heavy (non-hydrogen) atoms. The number of carbonyl (C=O) groups is 1. The maximum Gasteiger partial charge on any atom is 0.225 e. The van der Waals surface area contributed by atoms with E-state index >= 15 is 0 Å². The number of carbonyl (C=O) groups excluding carboxylic acids is 1. The van der Waals surface area contributed by atoms with Gasteiger partial charge in [0.25, 0.3) is 0 Å². The summed E-state index contributed by atoms with van der Waals surface area (Å²) in [6.07, 6.45) is 11.6. The molecule has 5 aliphatic rings. The maximum absolute atomic E-state index is 13.0. The molecule has 1 aromatic carbocycles. The minimum Gasteiger partial charge on any atom is -0.393 e. The van der Waals surface area contributed by atoms with Gasteiger partial charge in [-0.1, -0.05) is 24.4 Å². The summed E-state index contributed by atoms with van der Waals surface area (Å²) in [6.45, 7) is 3.43. The molecule has 0 radical (unpaired) electrons. The van der Waals surface area contributed by atoms with Crippen LogP contribution in [0, 0.1) is 28.6 Å². The normalized spacial score (nSPS) is 26.9. The van der Waals surface area contributed by atoms with Crippen LogP contribution in [-0.2, 0) is 4.79 Å². The molecule has 3 heterocycles. The molecule has 198 valence electrons. The highest BCUT2D eigenvalue weighted by atomic mass is 35.5. The van der Waals surface area contributed by atoms with Crippen LogP contribution in [-0.4, -0.2) is 65.0 Å². The van der Waals surface area contributed by atoms with E-state index in [1.54, 1.807) is 0 Å². The molecule has 1 spiro atoms. The monoisotopic (exact) mass is 523 g/mol. The smallest absolute Gasteiger partial charge is 0.225 e. The SMILES string of the molecule is N#Cc1ccc(N2N=C(N3CCC4(CC3)CC(C(=O)N3CCC(O)CC3)C4)C[C@@H]2C2CCCC2)cc1Cl. The second-order valence-corrected chi connectivity index (χ2v) is 12.5. The molecular weight excluding hydrogens is 486 g/mol. The van der Waals surface area contributed by atoms with Gasteiger partial charge in [-0.3, -0.25) is 9.80 Å². The minimum atomic E-state index is -0.238. The third kappa shape index (κ3) is 4.83. The van der Waals surface area contributed by atoms with Gasteiger partial charge in [0.2, 0.25) is 5.91 Å². The summed E-state index contributed by atoms with van der Waals surface area (Å²) in [5.74, 6) is 2.32. The van der Waals surface area contributed by atoms with Crippen LogP contribution in [0.25, 0.3) is 0 Å². The first kappa shape index (κ1) is 25.0. The Morgan fingerprint density at radius 2 is 1.78 bits per heavy atom. The van der Waals surface area contributed by atoms with E-state index in [1.165, 1.54) is 31.5 Å². The van der Waals surface area contributed by atoms with Crippen molar-refractivity contribution in [3.05, 3.63) is 28.8 Å². The predicted octanol–water partition coefficient (Wildman–Crippen LogP) is 4.77. The second kappa shape index (κ2) is 10.1. The van der Waals surface area contributed by atoms with Gasteiger partial charge in [0.1, 0.15) is 11.9 Å². The number of aliphatic hydroxyl groups is 1. The van der Waals surface area contributed by atoms with Gasteiger partial charge in [0.05, 0.1) is 28.4 Å². The summed E-state index contributed by atoms with van der Waals surface area (Å²) in [4.78, 5) is 17.4. The van der Waals surface area contributed by atoms with Crippen molar-refractivity contribution >= 4 is 29.0 Å². The van der Waals surface area contributed by atoms with E-state index in [2.05, 4.69) is 16.0 Å². The van der Waals surface area contributed by atoms with Crippen molar-refractivity contribution in [2.24, 2.45) is 22.4 Å². The fraction of sp³-hybridized carbons (Fsp3) is 0.690.